The van der Waals surface area contributed by atoms with E-state index < -0.39 is 59.8 Å². The Balaban J connectivity index is 1.95. The van der Waals surface area contributed by atoms with Crippen molar-refractivity contribution < 1.29 is 43.3 Å². The lowest BCUT2D eigenvalue weighted by Crippen LogP contribution is -2.59. The van der Waals surface area contributed by atoms with Gasteiger partial charge in [-0.15, -0.1) is 11.3 Å². The summed E-state index contributed by atoms with van der Waals surface area (Å²) in [6.07, 6.45) is 3.55. The summed E-state index contributed by atoms with van der Waals surface area (Å²) in [6, 6.07) is 4.07. The molecule has 1 aromatic carbocycles. The molecular weight excluding hydrogens is 765 g/mol. The Morgan fingerprint density at radius 2 is 1.72 bits per heavy atom. The molecule has 0 aliphatic carbocycles. The number of rotatable bonds is 22. The summed E-state index contributed by atoms with van der Waals surface area (Å²) < 4.78 is 11.5. The van der Waals surface area contributed by atoms with E-state index in [4.69, 9.17) is 15.2 Å². The number of likely N-dealkylation sites (tertiary alicyclic amines) is 1. The molecule has 3 rings (SSSR count). The van der Waals surface area contributed by atoms with Crippen LogP contribution in [0.3, 0.4) is 0 Å². The average Bonchev–Trinajstić information content (AvgIpc) is 3.67. The number of carbonyl (C=O) groups excluding carboxylic acids is 6. The van der Waals surface area contributed by atoms with E-state index in [9.17, 15) is 33.9 Å². The van der Waals surface area contributed by atoms with Crippen molar-refractivity contribution in [2.24, 2.45) is 23.5 Å². The number of aromatic hydroxyl groups is 1. The van der Waals surface area contributed by atoms with Gasteiger partial charge in [0.2, 0.25) is 17.7 Å². The Morgan fingerprint density at radius 3 is 2.31 bits per heavy atom. The second-order valence-corrected chi connectivity index (χ2v) is 16.8. The highest BCUT2D eigenvalue weighted by molar-refractivity contribution is 7.09. The third kappa shape index (κ3) is 14.4. The SMILES string of the molecule is CCCC(=O)OCN(C(=O)[C@@H](NC(=O)[C@H]1CCCCN1C)[C@@H](C)CC)[C@H](C[C@@H](OC(C)=O)c1nc(C(=O)N[C@@H](Cc2ccc(O)cc2)C[C@H](C)C(N)=O)cs1)C(C)C. The third-order valence-corrected chi connectivity index (χ3v) is 11.7. The van der Waals surface area contributed by atoms with Crippen molar-refractivity contribution in [1.82, 2.24) is 25.4 Å². The van der Waals surface area contributed by atoms with E-state index in [1.807, 2.05) is 46.6 Å². The molecular formula is C42H64N6O9S. The fraction of sp³-hybridized carbons (Fsp3) is 0.643. The van der Waals surface area contributed by atoms with Gasteiger partial charge in [0.05, 0.1) is 6.04 Å². The lowest BCUT2D eigenvalue weighted by molar-refractivity contribution is -0.160. The molecule has 0 saturated carbocycles. The normalized spacial score (nSPS) is 17.6. The van der Waals surface area contributed by atoms with Crippen molar-refractivity contribution in [2.45, 2.75) is 137 Å². The number of nitrogens with one attached hydrogen (secondary N) is 2. The van der Waals surface area contributed by atoms with Crippen LogP contribution in [0.4, 0.5) is 0 Å². The number of primary amides is 1. The fourth-order valence-electron chi connectivity index (χ4n) is 7.09. The van der Waals surface area contributed by atoms with Gasteiger partial charge < -0.3 is 35.8 Å². The molecule has 1 saturated heterocycles. The highest BCUT2D eigenvalue weighted by Gasteiger charge is 2.39. The van der Waals surface area contributed by atoms with Gasteiger partial charge in [-0.3, -0.25) is 33.7 Å². The molecule has 7 atom stereocenters. The molecule has 0 unspecified atom stereocenters. The van der Waals surface area contributed by atoms with Gasteiger partial charge in [-0.25, -0.2) is 4.98 Å². The summed E-state index contributed by atoms with van der Waals surface area (Å²) in [5.41, 5.74) is 6.44. The summed E-state index contributed by atoms with van der Waals surface area (Å²) in [5, 5.41) is 17.6. The van der Waals surface area contributed by atoms with Crippen LogP contribution in [0.25, 0.3) is 0 Å². The smallest absolute Gasteiger partial charge is 0.307 e. The first-order chi connectivity index (χ1) is 27.4. The van der Waals surface area contributed by atoms with E-state index >= 15 is 0 Å². The van der Waals surface area contributed by atoms with E-state index in [-0.39, 0.29) is 61.2 Å². The highest BCUT2D eigenvalue weighted by atomic mass is 32.1. The number of phenols is 1. The number of thiazole rings is 1. The van der Waals surface area contributed by atoms with E-state index in [0.717, 1.165) is 36.3 Å². The number of nitrogens with zero attached hydrogens (tertiary/aromatic N) is 3. The van der Waals surface area contributed by atoms with Crippen LogP contribution < -0.4 is 16.4 Å². The van der Waals surface area contributed by atoms with Crippen molar-refractivity contribution in [3.63, 3.8) is 0 Å². The molecule has 16 heteroatoms. The summed E-state index contributed by atoms with van der Waals surface area (Å²) in [6.45, 7) is 12.8. The van der Waals surface area contributed by atoms with Crippen LogP contribution in [0, 0.1) is 17.8 Å². The van der Waals surface area contributed by atoms with E-state index in [1.165, 1.54) is 11.8 Å². The zero-order valence-corrected chi connectivity index (χ0v) is 36.1. The topological polar surface area (TPSA) is 211 Å². The van der Waals surface area contributed by atoms with Gasteiger partial charge in [-0.1, -0.05) is 66.5 Å². The van der Waals surface area contributed by atoms with Crippen molar-refractivity contribution >= 4 is 46.9 Å². The number of hydrogen-bond donors (Lipinski definition) is 4. The molecule has 15 nitrogen and oxygen atoms in total. The minimum absolute atomic E-state index is 0.0506. The molecule has 0 spiro atoms. The molecule has 0 bridgehead atoms. The van der Waals surface area contributed by atoms with Gasteiger partial charge in [-0.2, -0.15) is 0 Å². The van der Waals surface area contributed by atoms with Crippen molar-refractivity contribution in [2.75, 3.05) is 20.3 Å². The van der Waals surface area contributed by atoms with Gasteiger partial charge >= 0.3 is 11.9 Å². The first-order valence-corrected chi connectivity index (χ1v) is 21.3. The Hall–Kier alpha value is -4.57. The van der Waals surface area contributed by atoms with Gasteiger partial charge in [0.1, 0.15) is 22.5 Å². The Morgan fingerprint density at radius 1 is 1.03 bits per heavy atom. The first kappa shape index (κ1) is 47.8. The third-order valence-electron chi connectivity index (χ3n) is 10.8. The zero-order chi connectivity index (χ0) is 43.1. The Labute approximate surface area is 346 Å². The molecule has 1 aromatic heterocycles. The van der Waals surface area contributed by atoms with Crippen molar-refractivity contribution in [1.29, 1.82) is 0 Å². The summed E-state index contributed by atoms with van der Waals surface area (Å²) in [7, 11) is 1.90. The Bertz CT molecular complexity index is 1680. The standard InChI is InChI=1S/C42H64N6O9S/c1-9-13-36(51)56-24-48(42(55)37(26(5)10-2)46-40(54)33-14-11-12-19-47(33)8)34(25(3)4)22-35(57-28(7)49)41-45-32(23-58-41)39(53)44-30(20-27(6)38(43)52)21-29-15-17-31(50)18-16-29/h15-18,23,25-27,30,33-35,37,50H,9-14,19-22,24H2,1-8H3,(H2,43,52)(H,44,53)(H,46,54)/t26-,27-,30+,33+,34+,35+,37-/m0/s1. The molecule has 58 heavy (non-hydrogen) atoms. The highest BCUT2D eigenvalue weighted by Crippen LogP contribution is 2.32. The molecule has 1 fully saturated rings. The van der Waals surface area contributed by atoms with Crippen molar-refractivity contribution in [3.05, 3.63) is 45.9 Å². The number of esters is 2. The maximum Gasteiger partial charge on any atom is 0.307 e. The van der Waals surface area contributed by atoms with Crippen LogP contribution in [0.15, 0.2) is 29.6 Å². The number of aromatic nitrogens is 1. The molecule has 0 radical (unpaired) electrons. The maximum atomic E-state index is 14.8. The maximum absolute atomic E-state index is 14.8. The van der Waals surface area contributed by atoms with Crippen LogP contribution in [-0.4, -0.2) is 99.9 Å². The molecule has 5 N–H and O–H groups in total. The van der Waals surface area contributed by atoms with Crippen LogP contribution in [0.2, 0.25) is 0 Å². The second-order valence-electron chi connectivity index (χ2n) is 15.9. The minimum Gasteiger partial charge on any atom is -0.508 e. The predicted molar refractivity (Wildman–Crippen MR) is 220 cm³/mol. The van der Waals surface area contributed by atoms with E-state index in [2.05, 4.69) is 15.6 Å². The average molecular weight is 829 g/mol. The minimum atomic E-state index is -0.992. The van der Waals surface area contributed by atoms with Gasteiger partial charge in [0.15, 0.2) is 12.8 Å². The second kappa shape index (κ2) is 23.1. The van der Waals surface area contributed by atoms with E-state index in [0.29, 0.717) is 30.7 Å². The molecule has 322 valence electrons. The molecule has 1 aliphatic heterocycles. The number of nitrogens with two attached hydrogens (primary N) is 1. The predicted octanol–water partition coefficient (Wildman–Crippen LogP) is 4.86. The van der Waals surface area contributed by atoms with Crippen LogP contribution in [0.1, 0.15) is 127 Å². The molecule has 2 aromatic rings. The number of carbonyl (C=O) groups is 6. The largest absolute Gasteiger partial charge is 0.508 e. The lowest BCUT2D eigenvalue weighted by Gasteiger charge is -2.39. The van der Waals surface area contributed by atoms with Crippen LogP contribution in [0.5, 0.6) is 5.75 Å². The van der Waals surface area contributed by atoms with Crippen molar-refractivity contribution in [3.8, 4) is 5.75 Å². The van der Waals surface area contributed by atoms with E-state index in [1.54, 1.807) is 36.6 Å². The fourth-order valence-corrected chi connectivity index (χ4v) is 7.93. The number of ether oxygens (including phenoxy) is 2. The first-order valence-electron chi connectivity index (χ1n) is 20.4. The number of piperidine rings is 1. The van der Waals surface area contributed by atoms with Gasteiger partial charge in [0, 0.05) is 43.1 Å². The summed E-state index contributed by atoms with van der Waals surface area (Å²) in [4.78, 5) is 87.4. The summed E-state index contributed by atoms with van der Waals surface area (Å²) >= 11 is 1.12. The number of phenolic OH excluding ortho intramolecular Hbond substituents is 1. The van der Waals surface area contributed by atoms with Gasteiger partial charge in [0.25, 0.3) is 5.91 Å². The quantitative estimate of drug-likeness (QED) is 0.0930. The van der Waals surface area contributed by atoms with Crippen LogP contribution >= 0.6 is 11.3 Å². The van der Waals surface area contributed by atoms with Gasteiger partial charge in [-0.05, 0) is 75.2 Å². The number of hydrogen-bond acceptors (Lipinski definition) is 12. The number of likely N-dealkylation sites (N-methyl/N-ethyl adjacent to an activating group) is 1. The lowest BCUT2D eigenvalue weighted by atomic mass is 9.92. The molecule has 1 aliphatic rings. The number of amides is 4. The molecule has 4 amide bonds. The Kier molecular flexibility index (Phi) is 19.1. The number of benzene rings is 1. The zero-order valence-electron chi connectivity index (χ0n) is 35.3. The van der Waals surface area contributed by atoms with Crippen LogP contribution in [-0.2, 0) is 39.9 Å². The molecule has 2 heterocycles. The monoisotopic (exact) mass is 828 g/mol. The summed E-state index contributed by atoms with van der Waals surface area (Å²) in [5.74, 6) is -3.70.